The Kier molecular flexibility index (Phi) is 6.91. The molecule has 0 amide bonds. The third-order valence-corrected chi connectivity index (χ3v) is 6.19. The van der Waals surface area contributed by atoms with Crippen molar-refractivity contribution in [1.82, 2.24) is 28.9 Å². The van der Waals surface area contributed by atoms with E-state index in [1.165, 1.54) is 17.0 Å². The first-order valence-corrected chi connectivity index (χ1v) is 12.0. The van der Waals surface area contributed by atoms with Gasteiger partial charge in [-0.25, -0.2) is 22.9 Å². The normalized spacial score (nSPS) is 11.2. The number of fused-ring (bicyclic) bond motifs is 1. The predicted molar refractivity (Wildman–Crippen MR) is 141 cm³/mol. The van der Waals surface area contributed by atoms with Crippen LogP contribution in [0.1, 0.15) is 16.7 Å². The van der Waals surface area contributed by atoms with E-state index in [0.29, 0.717) is 32.7 Å². The molecule has 0 saturated heterocycles. The van der Waals surface area contributed by atoms with E-state index in [1.807, 2.05) is 6.07 Å². The Hall–Kier alpha value is -4.89. The molecule has 0 aliphatic heterocycles. The van der Waals surface area contributed by atoms with Crippen molar-refractivity contribution in [2.45, 2.75) is 26.4 Å². The largest absolute Gasteiger partial charge is 0.359 e. The summed E-state index contributed by atoms with van der Waals surface area (Å²) < 4.78 is 28.8. The number of nitrogens with one attached hydrogen (secondary N) is 1. The van der Waals surface area contributed by atoms with Gasteiger partial charge in [0.15, 0.2) is 0 Å². The maximum Gasteiger partial charge on any atom is 0.359 e. The van der Waals surface area contributed by atoms with Crippen LogP contribution in [0.5, 0.6) is 0 Å². The molecule has 3 aromatic heterocycles. The van der Waals surface area contributed by atoms with E-state index in [4.69, 9.17) is 11.6 Å². The SMILES string of the molecule is Cc1cncc(-n2c(=O)nc(Nc3ccc4nn(CC(F)F)cc4c3)n(Cc3cc(C#N)ccc3Cl)c2=O)c1. The molecule has 0 spiro atoms. The van der Waals surface area contributed by atoms with Crippen LogP contribution in [-0.4, -0.2) is 35.3 Å². The number of halogens is 3. The Morgan fingerprint density at radius 2 is 1.95 bits per heavy atom. The zero-order chi connectivity index (χ0) is 27.7. The van der Waals surface area contributed by atoms with Crippen molar-refractivity contribution in [1.29, 1.82) is 5.26 Å². The van der Waals surface area contributed by atoms with Crippen molar-refractivity contribution >= 4 is 34.1 Å². The zero-order valence-corrected chi connectivity index (χ0v) is 21.1. The van der Waals surface area contributed by atoms with Crippen LogP contribution in [0.3, 0.4) is 0 Å². The summed E-state index contributed by atoms with van der Waals surface area (Å²) in [6.45, 7) is 1.11. The lowest BCUT2D eigenvalue weighted by atomic mass is 10.1. The first-order chi connectivity index (χ1) is 18.7. The second-order valence-corrected chi connectivity index (χ2v) is 9.11. The fraction of sp³-hybridized carbons (Fsp3) is 0.154. The maximum absolute atomic E-state index is 13.7. The van der Waals surface area contributed by atoms with Crippen LogP contribution in [0.15, 0.2) is 70.6 Å². The van der Waals surface area contributed by atoms with Crippen LogP contribution < -0.4 is 16.7 Å². The number of anilines is 2. The summed E-state index contributed by atoms with van der Waals surface area (Å²) in [6, 6.07) is 13.2. The van der Waals surface area contributed by atoms with Gasteiger partial charge in [0.1, 0.15) is 6.54 Å². The molecule has 0 aliphatic rings. The lowest BCUT2D eigenvalue weighted by Gasteiger charge is -2.16. The highest BCUT2D eigenvalue weighted by Crippen LogP contribution is 2.23. The molecule has 0 aliphatic carbocycles. The maximum atomic E-state index is 13.7. The second-order valence-electron chi connectivity index (χ2n) is 8.70. The topological polar surface area (TPSA) is 123 Å². The van der Waals surface area contributed by atoms with Gasteiger partial charge < -0.3 is 5.32 Å². The molecule has 0 fully saturated rings. The Bertz CT molecular complexity index is 1870. The molecule has 0 unspecified atom stereocenters. The standard InChI is InChI=1S/C26H19ClF2N8O2/c1-15-6-20(11-31-10-15)37-25(38)33-24(36(26(37)39)13-17-7-16(9-30)2-4-21(17)27)32-19-3-5-22-18(8-19)12-35(34-22)14-23(28)29/h2-8,10-12,23H,13-14H2,1H3,(H,32,33,38). The summed E-state index contributed by atoms with van der Waals surface area (Å²) in [4.78, 5) is 35.0. The first kappa shape index (κ1) is 25.7. The van der Waals surface area contributed by atoms with Gasteiger partial charge in [-0.3, -0.25) is 14.2 Å². The Morgan fingerprint density at radius 1 is 1.13 bits per heavy atom. The number of pyridine rings is 1. The van der Waals surface area contributed by atoms with Gasteiger partial charge in [-0.2, -0.15) is 15.3 Å². The number of benzene rings is 2. The van der Waals surface area contributed by atoms with Crippen LogP contribution in [-0.2, 0) is 13.1 Å². The predicted octanol–water partition coefficient (Wildman–Crippen LogP) is 4.03. The van der Waals surface area contributed by atoms with E-state index in [-0.39, 0.29) is 18.2 Å². The minimum atomic E-state index is -2.56. The third kappa shape index (κ3) is 5.39. The van der Waals surface area contributed by atoms with Gasteiger partial charge in [-0.1, -0.05) is 11.6 Å². The summed E-state index contributed by atoms with van der Waals surface area (Å²) in [7, 11) is 0. The number of alkyl halides is 2. The highest BCUT2D eigenvalue weighted by Gasteiger charge is 2.18. The number of nitriles is 1. The Balaban J connectivity index is 1.63. The number of aromatic nitrogens is 6. The smallest absolute Gasteiger partial charge is 0.325 e. The van der Waals surface area contributed by atoms with Gasteiger partial charge in [0.05, 0.1) is 35.6 Å². The molecule has 5 rings (SSSR count). The van der Waals surface area contributed by atoms with Gasteiger partial charge in [0.2, 0.25) is 5.95 Å². The highest BCUT2D eigenvalue weighted by molar-refractivity contribution is 6.31. The molecule has 39 heavy (non-hydrogen) atoms. The lowest BCUT2D eigenvalue weighted by molar-refractivity contribution is 0.122. The molecular formula is C26H19ClF2N8O2. The number of hydrogen-bond acceptors (Lipinski definition) is 7. The van der Waals surface area contributed by atoms with E-state index in [2.05, 4.69) is 20.4 Å². The number of rotatable bonds is 7. The van der Waals surface area contributed by atoms with Crippen LogP contribution in [0, 0.1) is 18.3 Å². The summed E-state index contributed by atoms with van der Waals surface area (Å²) in [5.41, 5.74) is 1.15. The lowest BCUT2D eigenvalue weighted by Crippen LogP contribution is -2.41. The molecule has 0 radical (unpaired) electrons. The first-order valence-electron chi connectivity index (χ1n) is 11.6. The van der Waals surface area contributed by atoms with Crippen LogP contribution >= 0.6 is 11.6 Å². The molecule has 5 aromatic rings. The molecule has 0 bridgehead atoms. The number of aryl methyl sites for hydroxylation is 1. The molecule has 196 valence electrons. The molecule has 0 atom stereocenters. The Labute approximate surface area is 224 Å². The van der Waals surface area contributed by atoms with Crippen molar-refractivity contribution < 1.29 is 8.78 Å². The second kappa shape index (κ2) is 10.5. The van der Waals surface area contributed by atoms with E-state index >= 15 is 0 Å². The summed E-state index contributed by atoms with van der Waals surface area (Å²) in [6.07, 6.45) is 1.88. The van der Waals surface area contributed by atoms with Gasteiger partial charge in [0, 0.05) is 28.5 Å². The molecule has 3 heterocycles. The van der Waals surface area contributed by atoms with E-state index < -0.39 is 24.3 Å². The van der Waals surface area contributed by atoms with Crippen molar-refractivity contribution in [2.75, 3.05) is 5.32 Å². The fourth-order valence-electron chi connectivity index (χ4n) is 4.07. The van der Waals surface area contributed by atoms with E-state index in [0.717, 1.165) is 14.8 Å². The average Bonchev–Trinajstić information content (AvgIpc) is 3.28. The quantitative estimate of drug-likeness (QED) is 0.326. The number of nitrogens with zero attached hydrogens (tertiary/aromatic N) is 7. The van der Waals surface area contributed by atoms with Gasteiger partial charge in [-0.15, -0.1) is 0 Å². The molecule has 13 heteroatoms. The molecule has 10 nitrogen and oxygen atoms in total. The summed E-state index contributed by atoms with van der Waals surface area (Å²) in [5.74, 6) is -0.0837. The fourth-order valence-corrected chi connectivity index (χ4v) is 4.25. The Morgan fingerprint density at radius 3 is 2.69 bits per heavy atom. The minimum absolute atomic E-state index is 0.0837. The van der Waals surface area contributed by atoms with Crippen molar-refractivity contribution in [3.05, 3.63) is 104 Å². The van der Waals surface area contributed by atoms with Gasteiger partial charge in [0.25, 0.3) is 6.43 Å². The summed E-state index contributed by atoms with van der Waals surface area (Å²) >= 11 is 6.37. The highest BCUT2D eigenvalue weighted by atomic mass is 35.5. The van der Waals surface area contributed by atoms with Crippen LogP contribution in [0.25, 0.3) is 16.6 Å². The molecule has 2 aromatic carbocycles. The zero-order valence-electron chi connectivity index (χ0n) is 20.3. The average molecular weight is 549 g/mol. The molecular weight excluding hydrogens is 530 g/mol. The number of hydrogen-bond donors (Lipinski definition) is 1. The molecule has 1 N–H and O–H groups in total. The van der Waals surface area contributed by atoms with Crippen molar-refractivity contribution in [3.63, 3.8) is 0 Å². The van der Waals surface area contributed by atoms with Crippen molar-refractivity contribution in [2.24, 2.45) is 0 Å². The van der Waals surface area contributed by atoms with Gasteiger partial charge >= 0.3 is 11.4 Å². The van der Waals surface area contributed by atoms with Gasteiger partial charge in [-0.05, 0) is 60.5 Å². The van der Waals surface area contributed by atoms with Crippen molar-refractivity contribution in [3.8, 4) is 11.8 Å². The van der Waals surface area contributed by atoms with E-state index in [1.54, 1.807) is 55.6 Å². The van der Waals surface area contributed by atoms with Crippen LogP contribution in [0.4, 0.5) is 20.4 Å². The third-order valence-electron chi connectivity index (χ3n) is 5.83. The monoisotopic (exact) mass is 548 g/mol. The van der Waals surface area contributed by atoms with E-state index in [9.17, 15) is 23.6 Å². The minimum Gasteiger partial charge on any atom is -0.325 e. The summed E-state index contributed by atoms with van der Waals surface area (Å²) in [5, 5.41) is 17.3. The van der Waals surface area contributed by atoms with Crippen LogP contribution in [0.2, 0.25) is 5.02 Å². The molecule has 0 saturated carbocycles.